The lowest BCUT2D eigenvalue weighted by Crippen LogP contribution is -2.25. The Morgan fingerprint density at radius 1 is 1.32 bits per heavy atom. The van der Waals surface area contributed by atoms with E-state index < -0.39 is 4.92 Å². The Balaban J connectivity index is 2.28. The normalized spacial score (nSPS) is 10.2. The average Bonchev–Trinajstić information content (AvgIpc) is 2.41. The smallest absolute Gasteiger partial charge is 0.258 e. The summed E-state index contributed by atoms with van der Waals surface area (Å²) in [6.45, 7) is 0.244. The molecule has 0 bridgehead atoms. The van der Waals surface area contributed by atoms with Gasteiger partial charge < -0.3 is 0 Å². The molecule has 2 aromatic rings. The molecule has 0 aliphatic rings. The standard InChI is InChI=1S/C13H12FN3O2/c1-16(9-10-5-2-3-6-11(10)14)13-12(17(18)19)7-4-8-15-13/h2-8H,9H2,1H3/p+1. The molecule has 1 aromatic carbocycles. The van der Waals surface area contributed by atoms with Gasteiger partial charge in [0.1, 0.15) is 12.4 Å². The average molecular weight is 262 g/mol. The van der Waals surface area contributed by atoms with E-state index in [0.29, 0.717) is 11.4 Å². The van der Waals surface area contributed by atoms with Gasteiger partial charge in [0, 0.05) is 11.6 Å². The van der Waals surface area contributed by atoms with Crippen LogP contribution in [0.2, 0.25) is 0 Å². The van der Waals surface area contributed by atoms with Crippen LogP contribution in [0.15, 0.2) is 42.6 Å². The Kier molecular flexibility index (Phi) is 3.70. The van der Waals surface area contributed by atoms with E-state index in [0.717, 1.165) is 0 Å². The molecule has 0 fully saturated rings. The van der Waals surface area contributed by atoms with E-state index in [2.05, 4.69) is 4.98 Å². The molecule has 5 nitrogen and oxygen atoms in total. The number of hydrogen-bond acceptors (Lipinski definition) is 3. The molecule has 1 N–H and O–H groups in total. The summed E-state index contributed by atoms with van der Waals surface area (Å²) >= 11 is 0. The Labute approximate surface area is 109 Å². The van der Waals surface area contributed by atoms with Gasteiger partial charge in [0.2, 0.25) is 0 Å². The molecule has 0 atom stereocenters. The molecule has 0 radical (unpaired) electrons. The van der Waals surface area contributed by atoms with Crippen molar-refractivity contribution in [3.05, 3.63) is 64.1 Å². The van der Waals surface area contributed by atoms with Crippen LogP contribution in [0.3, 0.4) is 0 Å². The SMILES string of the molecule is CN(Cc1ccccc1F)c1[nH+]cccc1[N+](=O)[O-]. The monoisotopic (exact) mass is 262 g/mol. The third kappa shape index (κ3) is 2.85. The molecule has 0 amide bonds. The van der Waals surface area contributed by atoms with Crippen LogP contribution in [0.5, 0.6) is 0 Å². The van der Waals surface area contributed by atoms with Gasteiger partial charge in [-0.15, -0.1) is 0 Å². The molecule has 0 aliphatic heterocycles. The summed E-state index contributed by atoms with van der Waals surface area (Å²) in [4.78, 5) is 14.9. The van der Waals surface area contributed by atoms with Crippen LogP contribution in [0.4, 0.5) is 15.9 Å². The summed E-state index contributed by atoms with van der Waals surface area (Å²) in [6, 6.07) is 9.32. The molecule has 0 saturated carbocycles. The van der Waals surface area contributed by atoms with Crippen LogP contribution < -0.4 is 9.88 Å². The second-order valence-corrected chi connectivity index (χ2v) is 4.11. The molecule has 0 saturated heterocycles. The zero-order valence-corrected chi connectivity index (χ0v) is 10.3. The molecule has 6 heteroatoms. The highest BCUT2D eigenvalue weighted by Gasteiger charge is 2.25. The maximum absolute atomic E-state index is 13.6. The van der Waals surface area contributed by atoms with Gasteiger partial charge in [0.25, 0.3) is 0 Å². The summed E-state index contributed by atoms with van der Waals surface area (Å²) < 4.78 is 13.6. The fourth-order valence-corrected chi connectivity index (χ4v) is 1.83. The van der Waals surface area contributed by atoms with E-state index in [9.17, 15) is 14.5 Å². The molecule has 0 unspecified atom stereocenters. The quantitative estimate of drug-likeness (QED) is 0.626. The maximum Gasteiger partial charge on any atom is 0.357 e. The number of nitro groups is 1. The lowest BCUT2D eigenvalue weighted by atomic mass is 10.2. The lowest BCUT2D eigenvalue weighted by Gasteiger charge is -2.11. The van der Waals surface area contributed by atoms with Crippen molar-refractivity contribution in [1.82, 2.24) is 0 Å². The first-order valence-corrected chi connectivity index (χ1v) is 5.69. The van der Waals surface area contributed by atoms with E-state index in [1.54, 1.807) is 42.4 Å². The number of aromatic nitrogens is 1. The van der Waals surface area contributed by atoms with Crippen molar-refractivity contribution < 1.29 is 14.3 Å². The number of aromatic amines is 1. The minimum atomic E-state index is -0.469. The zero-order valence-electron chi connectivity index (χ0n) is 10.3. The van der Waals surface area contributed by atoms with E-state index in [4.69, 9.17) is 0 Å². The number of nitrogens with zero attached hydrogens (tertiary/aromatic N) is 2. The highest BCUT2D eigenvalue weighted by atomic mass is 19.1. The van der Waals surface area contributed by atoms with E-state index >= 15 is 0 Å². The minimum absolute atomic E-state index is 0.0404. The zero-order chi connectivity index (χ0) is 13.8. The van der Waals surface area contributed by atoms with Crippen molar-refractivity contribution in [2.24, 2.45) is 0 Å². The van der Waals surface area contributed by atoms with Crippen molar-refractivity contribution in [2.75, 3.05) is 11.9 Å². The first kappa shape index (κ1) is 12.9. The third-order valence-electron chi connectivity index (χ3n) is 2.76. The van der Waals surface area contributed by atoms with E-state index in [-0.39, 0.29) is 18.0 Å². The highest BCUT2D eigenvalue weighted by Crippen LogP contribution is 2.22. The summed E-state index contributed by atoms with van der Waals surface area (Å²) in [5.74, 6) is 0.0173. The number of anilines is 1. The Morgan fingerprint density at radius 3 is 2.74 bits per heavy atom. The molecule has 1 aromatic heterocycles. The summed E-state index contributed by atoms with van der Waals surface area (Å²) in [5.41, 5.74) is 0.442. The molecule has 0 aliphatic carbocycles. The van der Waals surface area contributed by atoms with Crippen LogP contribution in [0, 0.1) is 15.9 Å². The topological polar surface area (TPSA) is 60.5 Å². The first-order valence-electron chi connectivity index (χ1n) is 5.69. The fraction of sp³-hybridized carbons (Fsp3) is 0.154. The molecular formula is C13H13FN3O2+. The summed E-state index contributed by atoms with van der Waals surface area (Å²) in [6.07, 6.45) is 1.60. The second-order valence-electron chi connectivity index (χ2n) is 4.11. The summed E-state index contributed by atoms with van der Waals surface area (Å²) in [5, 5.41) is 10.9. The first-order chi connectivity index (χ1) is 9.09. The molecular weight excluding hydrogens is 249 g/mol. The predicted octanol–water partition coefficient (Wildman–Crippen LogP) is 2.18. The minimum Gasteiger partial charge on any atom is -0.258 e. The molecule has 19 heavy (non-hydrogen) atoms. The number of benzene rings is 1. The Bertz CT molecular complexity index is 604. The van der Waals surface area contributed by atoms with Crippen LogP contribution in [-0.2, 0) is 6.54 Å². The van der Waals surface area contributed by atoms with E-state index in [1.165, 1.54) is 12.1 Å². The Hall–Kier alpha value is -2.50. The fourth-order valence-electron chi connectivity index (χ4n) is 1.83. The lowest BCUT2D eigenvalue weighted by molar-refractivity contribution is -0.411. The van der Waals surface area contributed by atoms with Gasteiger partial charge in [-0.25, -0.2) is 9.37 Å². The summed E-state index contributed by atoms with van der Waals surface area (Å²) in [7, 11) is 1.67. The largest absolute Gasteiger partial charge is 0.357 e. The number of rotatable bonds is 4. The van der Waals surface area contributed by atoms with Crippen LogP contribution in [0.25, 0.3) is 0 Å². The van der Waals surface area contributed by atoms with Crippen molar-refractivity contribution >= 4 is 11.5 Å². The van der Waals surface area contributed by atoms with Crippen LogP contribution in [0.1, 0.15) is 5.56 Å². The van der Waals surface area contributed by atoms with Gasteiger partial charge in [-0.05, 0) is 12.1 Å². The van der Waals surface area contributed by atoms with E-state index in [1.807, 2.05) is 0 Å². The molecule has 98 valence electrons. The number of nitrogens with one attached hydrogen (secondary N) is 1. The van der Waals surface area contributed by atoms with Crippen LogP contribution >= 0.6 is 0 Å². The molecule has 2 rings (SSSR count). The van der Waals surface area contributed by atoms with Gasteiger partial charge in [-0.2, -0.15) is 0 Å². The van der Waals surface area contributed by atoms with Gasteiger partial charge in [0.05, 0.1) is 18.2 Å². The maximum atomic E-state index is 13.6. The second kappa shape index (κ2) is 5.43. The van der Waals surface area contributed by atoms with Gasteiger partial charge in [-0.1, -0.05) is 18.2 Å². The third-order valence-corrected chi connectivity index (χ3v) is 2.76. The number of hydrogen-bond donors (Lipinski definition) is 0. The molecule has 0 spiro atoms. The van der Waals surface area contributed by atoms with Gasteiger partial charge in [-0.3, -0.25) is 15.0 Å². The van der Waals surface area contributed by atoms with Gasteiger partial charge >= 0.3 is 11.5 Å². The van der Waals surface area contributed by atoms with Crippen molar-refractivity contribution in [2.45, 2.75) is 6.54 Å². The number of H-pyrrole nitrogens is 1. The van der Waals surface area contributed by atoms with Crippen molar-refractivity contribution in [3.8, 4) is 0 Å². The number of halogens is 1. The van der Waals surface area contributed by atoms with Crippen molar-refractivity contribution in [1.29, 1.82) is 0 Å². The molecule has 1 heterocycles. The highest BCUT2D eigenvalue weighted by molar-refractivity contribution is 5.52. The van der Waals surface area contributed by atoms with Crippen LogP contribution in [-0.4, -0.2) is 12.0 Å². The van der Waals surface area contributed by atoms with Crippen molar-refractivity contribution in [3.63, 3.8) is 0 Å². The predicted molar refractivity (Wildman–Crippen MR) is 68.2 cm³/mol. The van der Waals surface area contributed by atoms with Gasteiger partial charge in [0.15, 0.2) is 0 Å². The Morgan fingerprint density at radius 2 is 2.05 bits per heavy atom. The number of pyridine rings is 1.